The molecule has 3 N–H and O–H groups in total. The maximum absolute atomic E-state index is 12.5. The van der Waals surface area contributed by atoms with Crippen LogP contribution in [0.2, 0.25) is 0 Å². The van der Waals surface area contributed by atoms with Crippen LogP contribution in [0.3, 0.4) is 0 Å². The molecule has 1 amide bonds. The molecule has 6 nitrogen and oxygen atoms in total. The molecule has 3 rings (SSSR count). The molecular weight excluding hydrogens is 388 g/mol. The topological polar surface area (TPSA) is 74.8 Å². The fourth-order valence-electron chi connectivity index (χ4n) is 5.00. The molecular formula is C25H40N4O2. The van der Waals surface area contributed by atoms with Gasteiger partial charge in [-0.3, -0.25) is 9.79 Å². The number of guanidine groups is 1. The molecule has 0 bridgehead atoms. The van der Waals surface area contributed by atoms with E-state index in [1.807, 2.05) is 19.2 Å². The number of carbonyl (C=O) groups excluding carboxylic acids is 1. The highest BCUT2D eigenvalue weighted by Crippen LogP contribution is 2.40. The van der Waals surface area contributed by atoms with Crippen LogP contribution in [0, 0.1) is 11.3 Å². The minimum absolute atomic E-state index is 0.166. The van der Waals surface area contributed by atoms with Crippen molar-refractivity contribution in [2.45, 2.75) is 70.8 Å². The predicted molar refractivity (Wildman–Crippen MR) is 127 cm³/mol. The SMILES string of the molecule is CN=C(NCc1cccc(NC(=O)C2CCCCC2)c1)NCC1(CCOC)CCCC1. The number of nitrogens with zero attached hydrogens (tertiary/aromatic N) is 1. The minimum Gasteiger partial charge on any atom is -0.385 e. The van der Waals surface area contributed by atoms with Crippen LogP contribution in [-0.2, 0) is 16.1 Å². The molecule has 0 atom stereocenters. The summed E-state index contributed by atoms with van der Waals surface area (Å²) in [4.78, 5) is 16.9. The van der Waals surface area contributed by atoms with Crippen LogP contribution in [0.1, 0.15) is 69.8 Å². The smallest absolute Gasteiger partial charge is 0.227 e. The van der Waals surface area contributed by atoms with Crippen LogP contribution >= 0.6 is 0 Å². The summed E-state index contributed by atoms with van der Waals surface area (Å²) in [6, 6.07) is 8.10. The third kappa shape index (κ3) is 7.23. The van der Waals surface area contributed by atoms with Gasteiger partial charge >= 0.3 is 0 Å². The van der Waals surface area contributed by atoms with Crippen molar-refractivity contribution in [1.82, 2.24) is 10.6 Å². The molecule has 0 heterocycles. The highest BCUT2D eigenvalue weighted by Gasteiger charge is 2.33. The van der Waals surface area contributed by atoms with Gasteiger partial charge in [0, 0.05) is 45.5 Å². The Hall–Kier alpha value is -2.08. The van der Waals surface area contributed by atoms with Gasteiger partial charge in [-0.05, 0) is 55.2 Å². The van der Waals surface area contributed by atoms with E-state index >= 15 is 0 Å². The van der Waals surface area contributed by atoms with Crippen molar-refractivity contribution in [3.8, 4) is 0 Å². The fourth-order valence-corrected chi connectivity index (χ4v) is 5.00. The first-order chi connectivity index (χ1) is 15.1. The van der Waals surface area contributed by atoms with Crippen molar-refractivity contribution in [2.75, 3.05) is 32.6 Å². The lowest BCUT2D eigenvalue weighted by Crippen LogP contribution is -2.43. The second kappa shape index (κ2) is 12.1. The summed E-state index contributed by atoms with van der Waals surface area (Å²) in [6.07, 6.45) is 11.8. The van der Waals surface area contributed by atoms with Crippen molar-refractivity contribution in [2.24, 2.45) is 16.3 Å². The summed E-state index contributed by atoms with van der Waals surface area (Å²) in [5.41, 5.74) is 2.32. The molecule has 1 aromatic rings. The highest BCUT2D eigenvalue weighted by atomic mass is 16.5. The van der Waals surface area contributed by atoms with E-state index in [2.05, 4.69) is 33.1 Å². The fraction of sp³-hybridized carbons (Fsp3) is 0.680. The van der Waals surface area contributed by atoms with Gasteiger partial charge in [-0.25, -0.2) is 0 Å². The number of ether oxygens (including phenoxy) is 1. The Labute approximate surface area is 187 Å². The van der Waals surface area contributed by atoms with E-state index in [1.54, 1.807) is 7.11 Å². The Kier molecular flexibility index (Phi) is 9.19. The lowest BCUT2D eigenvalue weighted by Gasteiger charge is -2.30. The van der Waals surface area contributed by atoms with E-state index in [0.29, 0.717) is 12.0 Å². The number of anilines is 1. The van der Waals surface area contributed by atoms with Crippen LogP contribution in [-0.4, -0.2) is 39.2 Å². The maximum atomic E-state index is 12.5. The third-order valence-corrected chi connectivity index (χ3v) is 6.99. The summed E-state index contributed by atoms with van der Waals surface area (Å²) < 4.78 is 5.34. The molecule has 0 spiro atoms. The highest BCUT2D eigenvalue weighted by molar-refractivity contribution is 5.92. The van der Waals surface area contributed by atoms with E-state index in [-0.39, 0.29) is 11.8 Å². The summed E-state index contributed by atoms with van der Waals surface area (Å²) in [5, 5.41) is 10.1. The zero-order valence-corrected chi connectivity index (χ0v) is 19.3. The molecule has 0 unspecified atom stereocenters. The quantitative estimate of drug-likeness (QED) is 0.401. The lowest BCUT2D eigenvalue weighted by molar-refractivity contribution is -0.120. The van der Waals surface area contributed by atoms with E-state index in [9.17, 15) is 4.79 Å². The van der Waals surface area contributed by atoms with E-state index in [4.69, 9.17) is 4.74 Å². The van der Waals surface area contributed by atoms with Crippen molar-refractivity contribution in [3.63, 3.8) is 0 Å². The molecule has 2 aliphatic rings. The van der Waals surface area contributed by atoms with Gasteiger partial charge in [0.25, 0.3) is 0 Å². The van der Waals surface area contributed by atoms with Crippen LogP contribution in [0.15, 0.2) is 29.3 Å². The van der Waals surface area contributed by atoms with Crippen molar-refractivity contribution in [3.05, 3.63) is 29.8 Å². The monoisotopic (exact) mass is 428 g/mol. The minimum atomic E-state index is 0.166. The predicted octanol–water partition coefficient (Wildman–Crippen LogP) is 4.47. The van der Waals surface area contributed by atoms with Gasteiger partial charge in [-0.1, -0.05) is 44.2 Å². The molecule has 0 aromatic heterocycles. The van der Waals surface area contributed by atoms with Gasteiger partial charge in [0.15, 0.2) is 5.96 Å². The number of rotatable bonds is 9. The summed E-state index contributed by atoms with van der Waals surface area (Å²) in [5.74, 6) is 1.15. The number of benzene rings is 1. The number of hydrogen-bond acceptors (Lipinski definition) is 3. The Balaban J connectivity index is 1.49. The van der Waals surface area contributed by atoms with Crippen LogP contribution < -0.4 is 16.0 Å². The van der Waals surface area contributed by atoms with Crippen LogP contribution in [0.4, 0.5) is 5.69 Å². The van der Waals surface area contributed by atoms with Crippen LogP contribution in [0.5, 0.6) is 0 Å². The van der Waals surface area contributed by atoms with Crippen molar-refractivity contribution in [1.29, 1.82) is 0 Å². The Bertz CT molecular complexity index is 722. The molecule has 1 aromatic carbocycles. The molecule has 0 saturated heterocycles. The average Bonchev–Trinajstić information content (AvgIpc) is 3.28. The molecule has 2 fully saturated rings. The Morgan fingerprint density at radius 1 is 1.13 bits per heavy atom. The van der Waals surface area contributed by atoms with Gasteiger partial charge < -0.3 is 20.7 Å². The summed E-state index contributed by atoms with van der Waals surface area (Å²) in [7, 11) is 3.59. The molecule has 0 aliphatic heterocycles. The first-order valence-corrected chi connectivity index (χ1v) is 12.0. The van der Waals surface area contributed by atoms with E-state index < -0.39 is 0 Å². The van der Waals surface area contributed by atoms with Crippen molar-refractivity contribution >= 4 is 17.6 Å². The number of aliphatic imine (C=N–C) groups is 1. The zero-order chi connectivity index (χ0) is 21.9. The molecule has 2 aliphatic carbocycles. The number of carbonyl (C=O) groups is 1. The first kappa shape index (κ1) is 23.6. The lowest BCUT2D eigenvalue weighted by atomic mass is 9.83. The third-order valence-electron chi connectivity index (χ3n) is 6.99. The Morgan fingerprint density at radius 3 is 2.61 bits per heavy atom. The number of hydrogen-bond donors (Lipinski definition) is 3. The molecule has 0 radical (unpaired) electrons. The van der Waals surface area contributed by atoms with Gasteiger partial charge in [-0.15, -0.1) is 0 Å². The zero-order valence-electron chi connectivity index (χ0n) is 19.3. The van der Waals surface area contributed by atoms with Gasteiger partial charge in [0.05, 0.1) is 0 Å². The number of amides is 1. The standard InChI is InChI=1S/C25H40N4O2/c1-26-24(28-19-25(15-16-31-2)13-6-7-14-25)27-18-20-9-8-12-22(17-20)29-23(30)21-10-4-3-5-11-21/h8-9,12,17,21H,3-7,10-11,13-16,18-19H2,1-2H3,(H,29,30)(H2,26,27,28). The van der Waals surface area contributed by atoms with Gasteiger partial charge in [-0.2, -0.15) is 0 Å². The normalized spacial score (nSPS) is 19.2. The number of methoxy groups -OCH3 is 1. The Morgan fingerprint density at radius 2 is 1.90 bits per heavy atom. The largest absolute Gasteiger partial charge is 0.385 e. The molecule has 31 heavy (non-hydrogen) atoms. The van der Waals surface area contributed by atoms with Gasteiger partial charge in [0.2, 0.25) is 5.91 Å². The number of nitrogens with one attached hydrogen (secondary N) is 3. The first-order valence-electron chi connectivity index (χ1n) is 12.0. The van der Waals surface area contributed by atoms with E-state index in [0.717, 1.165) is 49.6 Å². The van der Waals surface area contributed by atoms with Crippen LogP contribution in [0.25, 0.3) is 0 Å². The second-order valence-electron chi connectivity index (χ2n) is 9.25. The molecule has 6 heteroatoms. The second-order valence-corrected chi connectivity index (χ2v) is 9.25. The van der Waals surface area contributed by atoms with Gasteiger partial charge in [0.1, 0.15) is 0 Å². The molecule has 2 saturated carbocycles. The molecule has 172 valence electrons. The average molecular weight is 429 g/mol. The summed E-state index contributed by atoms with van der Waals surface area (Å²) >= 11 is 0. The summed E-state index contributed by atoms with van der Waals surface area (Å²) in [6.45, 7) is 2.40. The van der Waals surface area contributed by atoms with E-state index in [1.165, 1.54) is 44.9 Å². The maximum Gasteiger partial charge on any atom is 0.227 e. The van der Waals surface area contributed by atoms with Crippen molar-refractivity contribution < 1.29 is 9.53 Å².